The molecule has 3 rings (SSSR count). The molecule has 0 aliphatic heterocycles. The Kier molecular flexibility index (Phi) is 4.86. The number of hydrogen-bond acceptors (Lipinski definition) is 3. The molecule has 0 amide bonds. The molecule has 2 aromatic heterocycles. The lowest BCUT2D eigenvalue weighted by molar-refractivity contribution is 0.482. The van der Waals surface area contributed by atoms with Crippen LogP contribution in [0.1, 0.15) is 40.7 Å². The van der Waals surface area contributed by atoms with E-state index < -0.39 is 0 Å². The third-order valence-electron chi connectivity index (χ3n) is 3.63. The monoisotopic (exact) mass is 313 g/mol. The van der Waals surface area contributed by atoms with Gasteiger partial charge in [-0.3, -0.25) is 5.32 Å². The fourth-order valence-electron chi connectivity index (χ4n) is 2.55. The van der Waals surface area contributed by atoms with E-state index in [0.717, 1.165) is 6.42 Å². The summed E-state index contributed by atoms with van der Waals surface area (Å²) in [5, 5.41) is 8.15. The molecule has 3 heteroatoms. The molecule has 1 atom stereocenters. The molecular weight excluding hydrogens is 294 g/mol. The van der Waals surface area contributed by atoms with Crippen LogP contribution in [0.3, 0.4) is 0 Å². The Balaban J connectivity index is 1.87. The number of benzene rings is 1. The van der Waals surface area contributed by atoms with E-state index in [2.05, 4.69) is 77.6 Å². The second-order valence-electron chi connectivity index (χ2n) is 5.00. The Morgan fingerprint density at radius 2 is 1.48 bits per heavy atom. The molecule has 21 heavy (non-hydrogen) atoms. The van der Waals surface area contributed by atoms with Gasteiger partial charge in [0.1, 0.15) is 0 Å². The second-order valence-corrected chi connectivity index (χ2v) is 6.96. The molecule has 108 valence electrons. The molecule has 0 aliphatic rings. The van der Waals surface area contributed by atoms with Gasteiger partial charge in [-0.05, 0) is 34.9 Å². The number of hydrogen-bond donors (Lipinski definition) is 1. The van der Waals surface area contributed by atoms with Crippen LogP contribution in [0.25, 0.3) is 0 Å². The molecule has 0 bridgehead atoms. The first-order valence-electron chi connectivity index (χ1n) is 7.26. The number of nitrogens with one attached hydrogen (secondary N) is 1. The highest BCUT2D eigenvalue weighted by molar-refractivity contribution is 7.11. The summed E-state index contributed by atoms with van der Waals surface area (Å²) in [5.74, 6) is 0. The SMILES string of the molecule is CCC(NC(c1cccs1)c1cccs1)c1ccccc1. The van der Waals surface area contributed by atoms with Crippen molar-refractivity contribution in [2.24, 2.45) is 0 Å². The lowest BCUT2D eigenvalue weighted by Crippen LogP contribution is -2.25. The molecule has 0 fully saturated rings. The highest BCUT2D eigenvalue weighted by Gasteiger charge is 2.20. The van der Waals surface area contributed by atoms with Gasteiger partial charge in [0, 0.05) is 15.8 Å². The van der Waals surface area contributed by atoms with Gasteiger partial charge >= 0.3 is 0 Å². The van der Waals surface area contributed by atoms with Crippen molar-refractivity contribution in [3.63, 3.8) is 0 Å². The molecule has 2 heterocycles. The first kappa shape index (κ1) is 14.5. The molecule has 1 aromatic carbocycles. The highest BCUT2D eigenvalue weighted by Crippen LogP contribution is 2.32. The van der Waals surface area contributed by atoms with Gasteiger partial charge < -0.3 is 0 Å². The molecule has 1 unspecified atom stereocenters. The van der Waals surface area contributed by atoms with E-state index >= 15 is 0 Å². The number of rotatable bonds is 6. The van der Waals surface area contributed by atoms with Crippen molar-refractivity contribution in [2.45, 2.75) is 25.4 Å². The van der Waals surface area contributed by atoms with Gasteiger partial charge in [-0.25, -0.2) is 0 Å². The van der Waals surface area contributed by atoms with Crippen LogP contribution in [0, 0.1) is 0 Å². The predicted molar refractivity (Wildman–Crippen MR) is 93.1 cm³/mol. The molecule has 0 radical (unpaired) electrons. The van der Waals surface area contributed by atoms with Crippen molar-refractivity contribution in [1.29, 1.82) is 0 Å². The van der Waals surface area contributed by atoms with E-state index in [9.17, 15) is 0 Å². The minimum atomic E-state index is 0.287. The lowest BCUT2D eigenvalue weighted by Gasteiger charge is -2.24. The molecule has 0 spiro atoms. The molecule has 0 aliphatic carbocycles. The Hall–Kier alpha value is -1.42. The lowest BCUT2D eigenvalue weighted by atomic mass is 10.0. The van der Waals surface area contributed by atoms with Crippen molar-refractivity contribution in [2.75, 3.05) is 0 Å². The normalized spacial score (nSPS) is 12.7. The van der Waals surface area contributed by atoms with Crippen LogP contribution in [0.4, 0.5) is 0 Å². The van der Waals surface area contributed by atoms with E-state index in [-0.39, 0.29) is 6.04 Å². The van der Waals surface area contributed by atoms with Gasteiger partial charge in [-0.1, -0.05) is 49.4 Å². The van der Waals surface area contributed by atoms with E-state index in [1.807, 2.05) is 22.7 Å². The Morgan fingerprint density at radius 3 is 1.95 bits per heavy atom. The molecule has 1 nitrogen and oxygen atoms in total. The van der Waals surface area contributed by atoms with Crippen molar-refractivity contribution in [3.8, 4) is 0 Å². The van der Waals surface area contributed by atoms with Crippen molar-refractivity contribution in [3.05, 3.63) is 80.7 Å². The third-order valence-corrected chi connectivity index (χ3v) is 5.51. The zero-order valence-electron chi connectivity index (χ0n) is 12.0. The van der Waals surface area contributed by atoms with Gasteiger partial charge in [-0.15, -0.1) is 22.7 Å². The zero-order valence-corrected chi connectivity index (χ0v) is 13.7. The minimum absolute atomic E-state index is 0.287. The smallest absolute Gasteiger partial charge is 0.0769 e. The average Bonchev–Trinajstić information content (AvgIpc) is 3.23. The Morgan fingerprint density at radius 1 is 0.857 bits per heavy atom. The van der Waals surface area contributed by atoms with Crippen molar-refractivity contribution >= 4 is 22.7 Å². The van der Waals surface area contributed by atoms with Crippen LogP contribution < -0.4 is 5.32 Å². The standard InChI is InChI=1S/C18H19NS2/c1-2-15(14-8-4-3-5-9-14)19-18(16-10-6-12-20-16)17-11-7-13-21-17/h3-13,15,18-19H,2H2,1H3. The summed E-state index contributed by atoms with van der Waals surface area (Å²) >= 11 is 3.64. The second kappa shape index (κ2) is 7.03. The van der Waals surface area contributed by atoms with Gasteiger partial charge in [0.25, 0.3) is 0 Å². The van der Waals surface area contributed by atoms with E-state index in [4.69, 9.17) is 0 Å². The fraction of sp³-hybridized carbons (Fsp3) is 0.222. The molecule has 0 saturated heterocycles. The summed E-state index contributed by atoms with van der Waals surface area (Å²) in [6.07, 6.45) is 1.08. The number of thiophene rings is 2. The first-order chi connectivity index (χ1) is 10.4. The van der Waals surface area contributed by atoms with E-state index in [1.54, 1.807) is 0 Å². The molecule has 0 saturated carbocycles. The summed E-state index contributed by atoms with van der Waals surface area (Å²) in [6.45, 7) is 2.24. The van der Waals surface area contributed by atoms with Gasteiger partial charge in [-0.2, -0.15) is 0 Å². The van der Waals surface area contributed by atoms with Crippen LogP contribution in [0.2, 0.25) is 0 Å². The topological polar surface area (TPSA) is 12.0 Å². The van der Waals surface area contributed by atoms with Crippen molar-refractivity contribution < 1.29 is 0 Å². The van der Waals surface area contributed by atoms with Crippen molar-refractivity contribution in [1.82, 2.24) is 5.32 Å². The maximum absolute atomic E-state index is 3.85. The minimum Gasteiger partial charge on any atom is -0.298 e. The Bertz CT molecular complexity index is 595. The van der Waals surface area contributed by atoms with Crippen LogP contribution >= 0.6 is 22.7 Å². The molecule has 3 aromatic rings. The highest BCUT2D eigenvalue weighted by atomic mass is 32.1. The summed E-state index contributed by atoms with van der Waals surface area (Å²) < 4.78 is 0. The third kappa shape index (κ3) is 3.43. The largest absolute Gasteiger partial charge is 0.298 e. The maximum atomic E-state index is 3.85. The van der Waals surface area contributed by atoms with Crippen LogP contribution in [-0.4, -0.2) is 0 Å². The first-order valence-corrected chi connectivity index (χ1v) is 9.02. The predicted octanol–water partition coefficient (Wildman–Crippen LogP) is 5.64. The van der Waals surface area contributed by atoms with E-state index in [1.165, 1.54) is 15.3 Å². The molecular formula is C18H19NS2. The zero-order chi connectivity index (χ0) is 14.5. The van der Waals surface area contributed by atoms with Crippen LogP contribution in [0.15, 0.2) is 65.4 Å². The quantitative estimate of drug-likeness (QED) is 0.621. The van der Waals surface area contributed by atoms with Crippen LogP contribution in [-0.2, 0) is 0 Å². The van der Waals surface area contributed by atoms with Gasteiger partial charge in [0.2, 0.25) is 0 Å². The van der Waals surface area contributed by atoms with Gasteiger partial charge in [0.05, 0.1) is 6.04 Å². The maximum Gasteiger partial charge on any atom is 0.0769 e. The summed E-state index contributed by atoms with van der Waals surface area (Å²) in [7, 11) is 0. The summed E-state index contributed by atoms with van der Waals surface area (Å²) in [6, 6.07) is 20.1. The summed E-state index contributed by atoms with van der Waals surface area (Å²) in [5.41, 5.74) is 1.36. The van der Waals surface area contributed by atoms with Gasteiger partial charge in [0.15, 0.2) is 0 Å². The fourth-order valence-corrected chi connectivity index (χ4v) is 4.23. The summed E-state index contributed by atoms with van der Waals surface area (Å²) in [4.78, 5) is 2.76. The van der Waals surface area contributed by atoms with Crippen LogP contribution in [0.5, 0.6) is 0 Å². The average molecular weight is 313 g/mol. The van der Waals surface area contributed by atoms with E-state index in [0.29, 0.717) is 6.04 Å². The molecule has 1 N–H and O–H groups in total. The Labute approximate surface area is 134 Å².